The second kappa shape index (κ2) is 12.6. The number of carboxylic acids is 1. The van der Waals surface area contributed by atoms with Crippen molar-refractivity contribution in [3.05, 3.63) is 111 Å². The Labute approximate surface area is 369 Å². The summed E-state index contributed by atoms with van der Waals surface area (Å²) in [5.41, 5.74) is 7.64. The summed E-state index contributed by atoms with van der Waals surface area (Å²) in [4.78, 5) is 48.0. The van der Waals surface area contributed by atoms with E-state index in [0.29, 0.717) is 55.2 Å². The molecule has 1 aromatic rings. The number of hydrogen-bond acceptors (Lipinski definition) is 7. The summed E-state index contributed by atoms with van der Waals surface area (Å²) in [6.07, 6.45) is 19.3. The zero-order valence-corrected chi connectivity index (χ0v) is 37.1. The third-order valence-corrected chi connectivity index (χ3v) is 19.7. The normalized spacial score (nSPS) is 46.1. The largest absolute Gasteiger partial charge is 0.478 e. The van der Waals surface area contributed by atoms with Crippen LogP contribution in [0.15, 0.2) is 111 Å². The highest BCUT2D eigenvalue weighted by Gasteiger charge is 2.89. The first-order valence-electron chi connectivity index (χ1n) is 23.3. The van der Waals surface area contributed by atoms with Gasteiger partial charge in [0, 0.05) is 63.4 Å². The zero-order chi connectivity index (χ0) is 44.7. The van der Waals surface area contributed by atoms with E-state index in [1.54, 1.807) is 0 Å². The van der Waals surface area contributed by atoms with Gasteiger partial charge in [0.25, 0.3) is 0 Å². The summed E-state index contributed by atoms with van der Waals surface area (Å²) in [5, 5.41) is 53.2. The number of ketones is 2. The Morgan fingerprint density at radius 2 is 1.71 bits per heavy atom. The minimum atomic E-state index is -1.86. The van der Waals surface area contributed by atoms with Crippen LogP contribution in [-0.2, 0) is 14.4 Å². The van der Waals surface area contributed by atoms with Crippen molar-refractivity contribution in [1.82, 2.24) is 0 Å². The van der Waals surface area contributed by atoms with E-state index in [1.807, 2.05) is 62.4 Å². The van der Waals surface area contributed by atoms with Gasteiger partial charge in [0.1, 0.15) is 22.6 Å². The zero-order valence-electron chi connectivity index (χ0n) is 37.1. The maximum Gasteiger partial charge on any atom is 0.331 e. The van der Waals surface area contributed by atoms with E-state index in [9.17, 15) is 30.0 Å². The van der Waals surface area contributed by atoms with Crippen LogP contribution in [0.5, 0.6) is 0 Å². The first-order valence-corrected chi connectivity index (χ1v) is 23.3. The molecule has 3 fully saturated rings. The van der Waals surface area contributed by atoms with Crippen LogP contribution >= 0.6 is 0 Å². The number of aliphatic imine (C=N–C) groups is 1. The molecule has 0 heterocycles. The number of carbonyl (C=O) groups excluding carboxylic acids is 2. The number of rotatable bonds is 5. The van der Waals surface area contributed by atoms with Crippen molar-refractivity contribution in [3.63, 3.8) is 0 Å². The molecule has 10 aliphatic carbocycles. The van der Waals surface area contributed by atoms with Crippen molar-refractivity contribution in [2.75, 3.05) is 0 Å². The number of Topliss-reactive ketones (excluding diaryl/α,β-unsaturated/α-hetero) is 2. The van der Waals surface area contributed by atoms with Crippen LogP contribution in [0, 0.1) is 56.7 Å². The molecule has 1 aromatic carbocycles. The number of fused-ring (bicyclic) bond motifs is 1. The van der Waals surface area contributed by atoms with E-state index in [0.717, 1.165) is 41.5 Å². The van der Waals surface area contributed by atoms with Gasteiger partial charge in [0.15, 0.2) is 11.7 Å². The fourth-order valence-corrected chi connectivity index (χ4v) is 17.8. The lowest BCUT2D eigenvalue weighted by molar-refractivity contribution is -0.174. The molecule has 3 saturated carbocycles. The minimum Gasteiger partial charge on any atom is -0.478 e. The molecular weight excluding hydrogens is 791 g/mol. The van der Waals surface area contributed by atoms with Gasteiger partial charge >= 0.3 is 5.97 Å². The van der Waals surface area contributed by atoms with E-state index in [4.69, 9.17) is 16.5 Å². The maximum absolute atomic E-state index is 16.2. The number of hydrogen-bond donors (Lipinski definition) is 6. The predicted octanol–water partition coefficient (Wildman–Crippen LogP) is 6.84. The lowest BCUT2D eigenvalue weighted by Crippen LogP contribution is -2.72. The number of aliphatic hydroxyl groups is 3. The third-order valence-electron chi connectivity index (χ3n) is 19.7. The molecule has 6 bridgehead atoms. The minimum absolute atomic E-state index is 0.0158. The first kappa shape index (κ1) is 41.1. The Kier molecular flexibility index (Phi) is 8.20. The van der Waals surface area contributed by atoms with Crippen molar-refractivity contribution in [1.29, 1.82) is 0 Å². The highest BCUT2D eigenvalue weighted by molar-refractivity contribution is 6.02. The van der Waals surface area contributed by atoms with Crippen LogP contribution in [0.2, 0.25) is 0 Å². The average molecular weight is 852 g/mol. The van der Waals surface area contributed by atoms with Gasteiger partial charge in [-0.05, 0) is 96.3 Å². The molecule has 330 valence electrons. The van der Waals surface area contributed by atoms with E-state index in [-0.39, 0.29) is 29.5 Å². The van der Waals surface area contributed by atoms with Gasteiger partial charge in [-0.1, -0.05) is 113 Å². The molecule has 10 aliphatic rings. The Hall–Kier alpha value is -4.64. The summed E-state index contributed by atoms with van der Waals surface area (Å²) in [6.45, 7) is 9.81. The topological polar surface area (TPSA) is 197 Å². The molecule has 11 rings (SSSR count). The molecule has 0 aromatic heterocycles. The lowest BCUT2D eigenvalue weighted by Gasteiger charge is -2.71. The second-order valence-corrected chi connectivity index (χ2v) is 22.0. The van der Waals surface area contributed by atoms with Gasteiger partial charge < -0.3 is 31.9 Å². The quantitative estimate of drug-likeness (QED) is 0.0796. The van der Waals surface area contributed by atoms with Crippen LogP contribution in [0.1, 0.15) is 104 Å². The van der Waals surface area contributed by atoms with Gasteiger partial charge in [-0.15, -0.1) is 0 Å². The molecule has 0 radical (unpaired) electrons. The van der Waals surface area contributed by atoms with Crippen LogP contribution < -0.4 is 11.5 Å². The number of carboxylic acid groups (broad SMARTS) is 1. The van der Waals surface area contributed by atoms with Gasteiger partial charge in [0.05, 0.1) is 6.04 Å². The fourth-order valence-electron chi connectivity index (χ4n) is 17.8. The summed E-state index contributed by atoms with van der Waals surface area (Å²) in [7, 11) is 0. The summed E-state index contributed by atoms with van der Waals surface area (Å²) < 4.78 is 0. The summed E-state index contributed by atoms with van der Waals surface area (Å²) in [5.74, 6) is -4.20. The number of allylic oxidation sites excluding steroid dienone is 4. The maximum atomic E-state index is 16.2. The summed E-state index contributed by atoms with van der Waals surface area (Å²) in [6, 6.07) is 9.25. The van der Waals surface area contributed by atoms with Crippen molar-refractivity contribution >= 4 is 29.6 Å². The molecule has 0 aliphatic heterocycles. The summed E-state index contributed by atoms with van der Waals surface area (Å²) >= 11 is 0. The Balaban J connectivity index is 1.30. The van der Waals surface area contributed by atoms with E-state index in [2.05, 4.69) is 32.1 Å². The van der Waals surface area contributed by atoms with Gasteiger partial charge in [-0.3, -0.25) is 9.59 Å². The number of nitrogens with zero attached hydrogens (tertiary/aromatic N) is 1. The smallest absolute Gasteiger partial charge is 0.331 e. The van der Waals surface area contributed by atoms with Crippen LogP contribution in [-0.4, -0.2) is 66.8 Å². The van der Waals surface area contributed by atoms with Gasteiger partial charge in [-0.2, -0.15) is 0 Å². The third kappa shape index (κ3) is 4.42. The number of nitrogens with two attached hydrogens (primary N) is 2. The van der Waals surface area contributed by atoms with E-state index in [1.165, 1.54) is 13.0 Å². The highest BCUT2D eigenvalue weighted by atomic mass is 16.4. The SMILES string of the molecule is C/C(=C\[C@]1(O)C2=CCC3=C2[C@@H]2[C@@]4(C=C[C@H](N=C(N)N)[C@@H]1[C@H]4C)[C@]14CCCCC[C@]56CCC(=O)C(C)(C)[C@H]5[C@@H](/C=C/c5ccccc5)[C@]5(O)C=C(C3)[C@@]2(O)[C@]1(C)C5=C6C(=O)C4)C(=O)O. The van der Waals surface area contributed by atoms with Crippen LogP contribution in [0.3, 0.4) is 0 Å². The second-order valence-electron chi connectivity index (χ2n) is 22.0. The van der Waals surface area contributed by atoms with E-state index < -0.39 is 85.5 Å². The molecule has 2 spiro atoms. The molecule has 0 saturated heterocycles. The van der Waals surface area contributed by atoms with Gasteiger partial charge in [-0.25, -0.2) is 9.79 Å². The van der Waals surface area contributed by atoms with Crippen molar-refractivity contribution in [3.8, 4) is 0 Å². The highest BCUT2D eigenvalue weighted by Crippen LogP contribution is 2.89. The molecule has 63 heavy (non-hydrogen) atoms. The van der Waals surface area contributed by atoms with Crippen molar-refractivity contribution in [2.24, 2.45) is 73.1 Å². The monoisotopic (exact) mass is 851 g/mol. The lowest BCUT2D eigenvalue weighted by atomic mass is 9.33. The molecule has 0 amide bonds. The number of guanidine groups is 1. The Bertz CT molecular complexity index is 2590. The Morgan fingerprint density at radius 1 is 0.984 bits per heavy atom. The molecule has 10 heteroatoms. The fraction of sp³-hybridized carbons (Fsp3) is 0.547. The van der Waals surface area contributed by atoms with Crippen LogP contribution in [0.25, 0.3) is 6.08 Å². The Morgan fingerprint density at radius 3 is 2.43 bits per heavy atom. The molecule has 13 atom stereocenters. The number of aliphatic carboxylic acids is 1. The molecular formula is C53H61N3O7. The number of benzene rings is 1. The van der Waals surface area contributed by atoms with Crippen LogP contribution in [0.4, 0.5) is 0 Å². The van der Waals surface area contributed by atoms with Crippen molar-refractivity contribution < 1.29 is 34.8 Å². The molecule has 8 N–H and O–H groups in total. The van der Waals surface area contributed by atoms with Crippen molar-refractivity contribution in [2.45, 2.75) is 122 Å². The van der Waals surface area contributed by atoms with Gasteiger partial charge in [0.2, 0.25) is 0 Å². The standard InChI is InChI=1S/C53H61N3O7/c1-28(44(59)60)25-51(61)33-17-15-31-24-32-26-52(62)34(16-14-30-12-8-6-9-13-30)41-46(3,4)37(58)19-22-48(41)20-10-7-11-21-49-27-36(57)40(48)43(52)47(49,5)53(32,63)42(38(31)33)50(49)23-18-35(56-45(54)55)39(51)29(50)2/h6,8-9,12-14,16-18,23,25-26,29,34-35,39,41-42,61-63H,7,10-11,15,19-22,24,27H2,1-5H3,(H,59,60)(H4,54,55,56)/b16-14+,28-25+/t29-,34-,35+,39+,41-,42-,47-,48-,49+,50+,51+,52-,53+/m1/s1. The molecule has 0 unspecified atom stereocenters. The molecule has 10 nitrogen and oxygen atoms in total. The van der Waals surface area contributed by atoms with E-state index >= 15 is 4.79 Å². The predicted molar refractivity (Wildman–Crippen MR) is 239 cm³/mol. The first-order chi connectivity index (χ1) is 29.7. The average Bonchev–Trinajstić information content (AvgIpc) is 3.69. The number of carbonyl (C=O) groups is 3.